The molecule has 0 aliphatic carbocycles. The third-order valence-corrected chi connectivity index (χ3v) is 6.13. The predicted molar refractivity (Wildman–Crippen MR) is 133 cm³/mol. The fraction of sp³-hybridized carbons (Fsp3) is 0.0345. The molecule has 3 aromatic carbocycles. The molecule has 6 nitrogen and oxygen atoms in total. The van der Waals surface area contributed by atoms with Crippen LogP contribution in [0.2, 0.25) is 0 Å². The Morgan fingerprint density at radius 1 is 0.943 bits per heavy atom. The van der Waals surface area contributed by atoms with Crippen molar-refractivity contribution in [3.63, 3.8) is 0 Å². The zero-order valence-corrected chi connectivity index (χ0v) is 18.6. The third-order valence-electron chi connectivity index (χ3n) is 6.13. The van der Waals surface area contributed by atoms with Crippen molar-refractivity contribution in [3.05, 3.63) is 114 Å². The first kappa shape index (κ1) is 20.7. The summed E-state index contributed by atoms with van der Waals surface area (Å²) < 4.78 is 8.04. The Balaban J connectivity index is 1.59. The lowest BCUT2D eigenvalue weighted by Crippen LogP contribution is -2.03. The highest BCUT2D eigenvalue weighted by molar-refractivity contribution is 6.17. The number of carbonyl (C=O) groups excluding carboxylic acids is 1. The van der Waals surface area contributed by atoms with Crippen LogP contribution < -0.4 is 4.74 Å². The molecule has 170 valence electrons. The normalized spacial score (nSPS) is 13.8. The second-order valence-electron chi connectivity index (χ2n) is 8.37. The average molecular weight is 460 g/mol. The lowest BCUT2D eigenvalue weighted by Gasteiger charge is -2.12. The monoisotopic (exact) mass is 460 g/mol. The summed E-state index contributed by atoms with van der Waals surface area (Å²) in [5, 5.41) is 21.0. The van der Waals surface area contributed by atoms with E-state index in [0.29, 0.717) is 6.54 Å². The van der Waals surface area contributed by atoms with Gasteiger partial charge in [0.25, 0.3) is 0 Å². The first-order chi connectivity index (χ1) is 17.1. The van der Waals surface area contributed by atoms with Crippen LogP contribution >= 0.6 is 0 Å². The number of aromatic nitrogens is 2. The van der Waals surface area contributed by atoms with Crippen LogP contribution in [0.4, 0.5) is 0 Å². The van der Waals surface area contributed by atoms with Gasteiger partial charge in [0, 0.05) is 47.5 Å². The van der Waals surface area contributed by atoms with E-state index in [1.807, 2.05) is 66.9 Å². The Hall–Kier alpha value is -4.84. The summed E-state index contributed by atoms with van der Waals surface area (Å²) >= 11 is 0. The topological polar surface area (TPSA) is 84.6 Å². The van der Waals surface area contributed by atoms with Gasteiger partial charge in [-0.2, -0.15) is 0 Å². The summed E-state index contributed by atoms with van der Waals surface area (Å²) in [5.74, 6) is -0.689. The predicted octanol–water partition coefficient (Wildman–Crippen LogP) is 5.78. The van der Waals surface area contributed by atoms with Gasteiger partial charge in [-0.15, -0.1) is 0 Å². The van der Waals surface area contributed by atoms with Gasteiger partial charge in [-0.05, 0) is 29.3 Å². The lowest BCUT2D eigenvalue weighted by molar-refractivity contribution is 0.101. The van der Waals surface area contributed by atoms with E-state index in [4.69, 9.17) is 4.74 Å². The van der Waals surface area contributed by atoms with E-state index in [0.717, 1.165) is 39.4 Å². The van der Waals surface area contributed by atoms with Crippen LogP contribution in [-0.2, 0) is 6.54 Å². The van der Waals surface area contributed by atoms with Crippen LogP contribution in [-0.4, -0.2) is 25.5 Å². The van der Waals surface area contributed by atoms with Gasteiger partial charge < -0.3 is 19.5 Å². The molecule has 6 heteroatoms. The number of benzene rings is 3. The molecule has 0 unspecified atom stereocenters. The molecule has 0 bridgehead atoms. The standard InChI is InChI=1S/C29H20N2O4/c32-20-13-24(33)27-25(14-20)35-26(29(27)34)15-22-21-10-4-5-11-23(21)31(17-18-7-6-12-30-16-18)28(22)19-8-2-1-3-9-19/h1-16,32-33H,17H2/b26-15-. The zero-order valence-electron chi connectivity index (χ0n) is 18.6. The van der Waals surface area contributed by atoms with Gasteiger partial charge in [0.05, 0.1) is 5.69 Å². The smallest absolute Gasteiger partial charge is 0.235 e. The van der Waals surface area contributed by atoms with Gasteiger partial charge in [0.2, 0.25) is 5.78 Å². The van der Waals surface area contributed by atoms with E-state index in [1.54, 1.807) is 12.3 Å². The molecule has 0 saturated heterocycles. The van der Waals surface area contributed by atoms with E-state index in [1.165, 1.54) is 6.07 Å². The molecule has 2 N–H and O–H groups in total. The lowest BCUT2D eigenvalue weighted by atomic mass is 10.0. The number of phenolic OH excluding ortho intramolecular Hbond substituents is 2. The van der Waals surface area contributed by atoms with E-state index in [9.17, 15) is 15.0 Å². The number of hydrogen-bond donors (Lipinski definition) is 2. The van der Waals surface area contributed by atoms with Gasteiger partial charge in [-0.25, -0.2) is 0 Å². The largest absolute Gasteiger partial charge is 0.508 e. The molecule has 0 saturated carbocycles. The number of ketones is 1. The summed E-state index contributed by atoms with van der Waals surface area (Å²) in [6.45, 7) is 0.589. The van der Waals surface area contributed by atoms with Crippen molar-refractivity contribution in [1.82, 2.24) is 9.55 Å². The van der Waals surface area contributed by atoms with E-state index in [-0.39, 0.29) is 28.6 Å². The molecule has 2 aromatic heterocycles. The minimum atomic E-state index is -0.430. The molecular formula is C29H20N2O4. The molecule has 0 fully saturated rings. The van der Waals surface area contributed by atoms with Crippen molar-refractivity contribution in [2.24, 2.45) is 0 Å². The Kier molecular flexibility index (Phi) is 4.85. The number of para-hydroxylation sites is 1. The number of carbonyl (C=O) groups is 1. The number of allylic oxidation sites excluding steroid dienone is 1. The average Bonchev–Trinajstić information content (AvgIpc) is 3.35. The quantitative estimate of drug-likeness (QED) is 0.332. The first-order valence-corrected chi connectivity index (χ1v) is 11.2. The Bertz CT molecular complexity index is 1620. The molecule has 0 atom stereocenters. The number of pyridine rings is 1. The number of phenols is 2. The van der Waals surface area contributed by atoms with Crippen LogP contribution in [0.5, 0.6) is 17.2 Å². The van der Waals surface area contributed by atoms with Crippen molar-refractivity contribution >= 4 is 22.8 Å². The summed E-state index contributed by atoms with van der Waals surface area (Å²) in [6.07, 6.45) is 5.32. The van der Waals surface area contributed by atoms with Crippen molar-refractivity contribution in [1.29, 1.82) is 0 Å². The van der Waals surface area contributed by atoms with Gasteiger partial charge in [0.1, 0.15) is 22.8 Å². The van der Waals surface area contributed by atoms with Gasteiger partial charge >= 0.3 is 0 Å². The number of nitrogens with zero attached hydrogens (tertiary/aromatic N) is 2. The fourth-order valence-corrected chi connectivity index (χ4v) is 4.63. The highest BCUT2D eigenvalue weighted by Gasteiger charge is 2.32. The summed E-state index contributed by atoms with van der Waals surface area (Å²) in [7, 11) is 0. The molecule has 5 aromatic rings. The van der Waals surface area contributed by atoms with Crippen LogP contribution in [0.1, 0.15) is 21.5 Å². The van der Waals surface area contributed by atoms with E-state index < -0.39 is 5.78 Å². The van der Waals surface area contributed by atoms with Crippen molar-refractivity contribution < 1.29 is 19.7 Å². The van der Waals surface area contributed by atoms with Gasteiger partial charge in [-0.1, -0.05) is 54.6 Å². The van der Waals surface area contributed by atoms with Crippen LogP contribution in [0, 0.1) is 0 Å². The maximum atomic E-state index is 13.2. The number of ether oxygens (including phenoxy) is 1. The Morgan fingerprint density at radius 3 is 2.54 bits per heavy atom. The van der Waals surface area contributed by atoms with Crippen LogP contribution in [0.25, 0.3) is 28.2 Å². The SMILES string of the molecule is O=C1/C(=C/c2c(-c3ccccc3)n(Cc3cccnc3)c3ccccc23)Oc2cc(O)cc(O)c21. The molecule has 0 radical (unpaired) electrons. The second kappa shape index (κ2) is 8.18. The number of rotatable bonds is 4. The molecule has 0 amide bonds. The maximum absolute atomic E-state index is 13.2. The van der Waals surface area contributed by atoms with Crippen LogP contribution in [0.15, 0.2) is 97.0 Å². The molecule has 6 rings (SSSR count). The maximum Gasteiger partial charge on any atom is 0.235 e. The highest BCUT2D eigenvalue weighted by atomic mass is 16.5. The van der Waals surface area contributed by atoms with Crippen molar-refractivity contribution in [2.45, 2.75) is 6.54 Å². The molecule has 1 aliphatic heterocycles. The number of aromatic hydroxyl groups is 2. The molecular weight excluding hydrogens is 440 g/mol. The zero-order chi connectivity index (χ0) is 23.9. The molecule has 35 heavy (non-hydrogen) atoms. The number of Topliss-reactive ketones (excluding diaryl/α,β-unsaturated/α-hetero) is 1. The molecule has 3 heterocycles. The van der Waals surface area contributed by atoms with Crippen molar-refractivity contribution in [2.75, 3.05) is 0 Å². The number of fused-ring (bicyclic) bond motifs is 2. The number of hydrogen-bond acceptors (Lipinski definition) is 5. The van der Waals surface area contributed by atoms with Crippen molar-refractivity contribution in [3.8, 4) is 28.5 Å². The Labute approximate surface area is 201 Å². The fourth-order valence-electron chi connectivity index (χ4n) is 4.63. The van der Waals surface area contributed by atoms with Gasteiger partial charge in [-0.3, -0.25) is 9.78 Å². The second-order valence-corrected chi connectivity index (χ2v) is 8.37. The van der Waals surface area contributed by atoms with Gasteiger partial charge in [0.15, 0.2) is 5.76 Å². The summed E-state index contributed by atoms with van der Waals surface area (Å²) in [6, 6.07) is 24.4. The minimum absolute atomic E-state index is 0.0504. The molecule has 0 spiro atoms. The van der Waals surface area contributed by atoms with E-state index in [2.05, 4.69) is 15.6 Å². The molecule has 1 aliphatic rings. The summed E-state index contributed by atoms with van der Waals surface area (Å²) in [4.78, 5) is 17.4. The Morgan fingerprint density at radius 2 is 1.74 bits per heavy atom. The first-order valence-electron chi connectivity index (χ1n) is 11.2. The van der Waals surface area contributed by atoms with E-state index >= 15 is 0 Å². The minimum Gasteiger partial charge on any atom is -0.508 e. The highest BCUT2D eigenvalue weighted by Crippen LogP contribution is 2.42. The summed E-state index contributed by atoms with van der Waals surface area (Å²) in [5.41, 5.74) is 4.85. The van der Waals surface area contributed by atoms with Crippen LogP contribution in [0.3, 0.4) is 0 Å². The third kappa shape index (κ3) is 3.52.